The molecule has 0 aliphatic carbocycles. The Morgan fingerprint density at radius 3 is 2.65 bits per heavy atom. The van der Waals surface area contributed by atoms with E-state index in [2.05, 4.69) is 15.0 Å². The van der Waals surface area contributed by atoms with Crippen LogP contribution in [-0.2, 0) is 6.54 Å². The van der Waals surface area contributed by atoms with Crippen molar-refractivity contribution < 1.29 is 4.92 Å². The molecular weight excluding hydrogens is 316 g/mol. The van der Waals surface area contributed by atoms with Gasteiger partial charge in [0.05, 0.1) is 4.92 Å². The summed E-state index contributed by atoms with van der Waals surface area (Å²) in [6, 6.07) is 3.84. The molecule has 2 heterocycles. The van der Waals surface area contributed by atoms with Gasteiger partial charge in [-0.3, -0.25) is 15.1 Å². The standard InChI is InChI=1S/C14H18N6O2S/c1-4-19(8-10-6-5-9(2)16-7-10)13-11(20(21)22)12(15)17-14(18-13)23-3/h5-7H,4,8H2,1-3H3,(H2,15,17,18). The van der Waals surface area contributed by atoms with Crippen LogP contribution in [0.1, 0.15) is 18.2 Å². The van der Waals surface area contributed by atoms with Crippen LogP contribution in [0.15, 0.2) is 23.5 Å². The molecule has 0 atom stereocenters. The molecule has 0 bridgehead atoms. The molecular formula is C14H18N6O2S. The number of aryl methyl sites for hydroxylation is 1. The van der Waals surface area contributed by atoms with Crippen LogP contribution in [0.5, 0.6) is 0 Å². The Balaban J connectivity index is 2.45. The number of rotatable bonds is 6. The highest BCUT2D eigenvalue weighted by Crippen LogP contribution is 2.33. The SMILES string of the molecule is CCN(Cc1ccc(C)nc1)c1nc(SC)nc(N)c1[N+](=O)[O-]. The summed E-state index contributed by atoms with van der Waals surface area (Å²) in [5.41, 5.74) is 7.35. The molecule has 0 amide bonds. The minimum atomic E-state index is -0.537. The lowest BCUT2D eigenvalue weighted by molar-refractivity contribution is -0.383. The van der Waals surface area contributed by atoms with Crippen molar-refractivity contribution in [1.82, 2.24) is 15.0 Å². The van der Waals surface area contributed by atoms with Crippen LogP contribution in [-0.4, -0.2) is 32.7 Å². The average Bonchev–Trinajstić information content (AvgIpc) is 2.53. The van der Waals surface area contributed by atoms with Crippen LogP contribution in [0.2, 0.25) is 0 Å². The molecule has 122 valence electrons. The Labute approximate surface area is 138 Å². The predicted molar refractivity (Wildman–Crippen MR) is 90.6 cm³/mol. The van der Waals surface area contributed by atoms with Crippen molar-refractivity contribution in [3.63, 3.8) is 0 Å². The molecule has 0 aromatic carbocycles. The fourth-order valence-corrected chi connectivity index (χ4v) is 2.44. The summed E-state index contributed by atoms with van der Waals surface area (Å²) < 4.78 is 0. The van der Waals surface area contributed by atoms with Gasteiger partial charge in [0.25, 0.3) is 0 Å². The molecule has 2 rings (SSSR count). The zero-order chi connectivity index (χ0) is 17.0. The zero-order valence-corrected chi connectivity index (χ0v) is 14.0. The van der Waals surface area contributed by atoms with Crippen LogP contribution in [0, 0.1) is 17.0 Å². The molecule has 2 aromatic rings. The number of hydrogen-bond donors (Lipinski definition) is 1. The molecule has 0 saturated heterocycles. The van der Waals surface area contributed by atoms with Gasteiger partial charge < -0.3 is 10.6 Å². The fraction of sp³-hybridized carbons (Fsp3) is 0.357. The summed E-state index contributed by atoms with van der Waals surface area (Å²) >= 11 is 1.29. The van der Waals surface area contributed by atoms with Crippen molar-refractivity contribution in [3.05, 3.63) is 39.7 Å². The number of nitrogens with two attached hydrogens (primary N) is 1. The first-order chi connectivity index (χ1) is 11.0. The average molecular weight is 334 g/mol. The van der Waals surface area contributed by atoms with E-state index in [1.807, 2.05) is 26.0 Å². The van der Waals surface area contributed by atoms with E-state index in [1.54, 1.807) is 17.4 Å². The minimum absolute atomic E-state index is 0.121. The van der Waals surface area contributed by atoms with Gasteiger partial charge in [0.15, 0.2) is 5.16 Å². The molecule has 2 N–H and O–H groups in total. The molecule has 0 fully saturated rings. The van der Waals surface area contributed by atoms with E-state index in [0.29, 0.717) is 18.2 Å². The number of nitrogen functional groups attached to an aromatic ring is 1. The van der Waals surface area contributed by atoms with Crippen molar-refractivity contribution in [2.45, 2.75) is 25.5 Å². The summed E-state index contributed by atoms with van der Waals surface area (Å²) in [5, 5.41) is 11.8. The largest absolute Gasteiger partial charge is 0.378 e. The number of pyridine rings is 1. The van der Waals surface area contributed by atoms with Crippen molar-refractivity contribution in [2.24, 2.45) is 0 Å². The number of hydrogen-bond acceptors (Lipinski definition) is 8. The van der Waals surface area contributed by atoms with Crippen LogP contribution in [0.3, 0.4) is 0 Å². The van der Waals surface area contributed by atoms with Gasteiger partial charge in [0, 0.05) is 25.0 Å². The van der Waals surface area contributed by atoms with E-state index in [-0.39, 0.29) is 17.3 Å². The normalized spacial score (nSPS) is 10.6. The van der Waals surface area contributed by atoms with E-state index in [4.69, 9.17) is 5.73 Å². The van der Waals surface area contributed by atoms with Crippen molar-refractivity contribution in [1.29, 1.82) is 0 Å². The Morgan fingerprint density at radius 1 is 1.39 bits per heavy atom. The lowest BCUT2D eigenvalue weighted by Crippen LogP contribution is -2.25. The molecule has 0 radical (unpaired) electrons. The summed E-state index contributed by atoms with van der Waals surface area (Å²) in [5.74, 6) is 0.111. The summed E-state index contributed by atoms with van der Waals surface area (Å²) in [6.45, 7) is 4.80. The Morgan fingerprint density at radius 2 is 2.13 bits per heavy atom. The van der Waals surface area contributed by atoms with Crippen molar-refractivity contribution in [2.75, 3.05) is 23.4 Å². The second-order valence-electron chi connectivity index (χ2n) is 4.85. The van der Waals surface area contributed by atoms with E-state index < -0.39 is 4.92 Å². The summed E-state index contributed by atoms with van der Waals surface area (Å²) in [7, 11) is 0. The van der Waals surface area contributed by atoms with Gasteiger partial charge in [-0.1, -0.05) is 17.8 Å². The number of nitro groups is 1. The Hall–Kier alpha value is -2.42. The van der Waals surface area contributed by atoms with Gasteiger partial charge in [-0.25, -0.2) is 0 Å². The molecule has 8 nitrogen and oxygen atoms in total. The van der Waals surface area contributed by atoms with Crippen LogP contribution in [0.25, 0.3) is 0 Å². The number of thioether (sulfide) groups is 1. The molecule has 2 aromatic heterocycles. The number of aromatic nitrogens is 3. The lowest BCUT2D eigenvalue weighted by Gasteiger charge is -2.22. The summed E-state index contributed by atoms with van der Waals surface area (Å²) in [4.78, 5) is 25.1. The van der Waals surface area contributed by atoms with Crippen LogP contribution in [0.4, 0.5) is 17.3 Å². The van der Waals surface area contributed by atoms with Crippen molar-refractivity contribution in [3.8, 4) is 0 Å². The second kappa shape index (κ2) is 7.23. The van der Waals surface area contributed by atoms with Gasteiger partial charge in [-0.05, 0) is 31.7 Å². The van der Waals surface area contributed by atoms with Crippen LogP contribution < -0.4 is 10.6 Å². The topological polar surface area (TPSA) is 111 Å². The van der Waals surface area contributed by atoms with Gasteiger partial charge >= 0.3 is 5.69 Å². The maximum atomic E-state index is 11.4. The second-order valence-corrected chi connectivity index (χ2v) is 5.62. The first-order valence-corrected chi connectivity index (χ1v) is 8.21. The smallest absolute Gasteiger partial charge is 0.353 e. The first kappa shape index (κ1) is 16.9. The maximum absolute atomic E-state index is 11.4. The predicted octanol–water partition coefficient (Wildman–Crippen LogP) is 2.42. The first-order valence-electron chi connectivity index (χ1n) is 6.98. The highest BCUT2D eigenvalue weighted by atomic mass is 32.2. The van der Waals surface area contributed by atoms with E-state index in [0.717, 1.165) is 11.3 Å². The van der Waals surface area contributed by atoms with Gasteiger partial charge in [-0.2, -0.15) is 9.97 Å². The Bertz CT molecular complexity index is 707. The Kier molecular flexibility index (Phi) is 5.32. The quantitative estimate of drug-likeness (QED) is 0.371. The van der Waals surface area contributed by atoms with Gasteiger partial charge in [0.1, 0.15) is 0 Å². The third-order valence-corrected chi connectivity index (χ3v) is 3.81. The van der Waals surface area contributed by atoms with E-state index >= 15 is 0 Å². The van der Waals surface area contributed by atoms with E-state index in [9.17, 15) is 10.1 Å². The third kappa shape index (κ3) is 3.86. The summed E-state index contributed by atoms with van der Waals surface area (Å²) in [6.07, 6.45) is 3.55. The fourth-order valence-electron chi connectivity index (χ4n) is 2.07. The monoisotopic (exact) mass is 334 g/mol. The highest BCUT2D eigenvalue weighted by Gasteiger charge is 2.26. The zero-order valence-electron chi connectivity index (χ0n) is 13.2. The third-order valence-electron chi connectivity index (χ3n) is 3.26. The minimum Gasteiger partial charge on any atom is -0.378 e. The molecule has 0 unspecified atom stereocenters. The molecule has 0 aliphatic heterocycles. The molecule has 9 heteroatoms. The molecule has 0 aliphatic rings. The van der Waals surface area contributed by atoms with Crippen molar-refractivity contribution >= 4 is 29.1 Å². The molecule has 0 spiro atoms. The van der Waals surface area contributed by atoms with Gasteiger partial charge in [-0.15, -0.1) is 0 Å². The molecule has 23 heavy (non-hydrogen) atoms. The molecule has 0 saturated carbocycles. The maximum Gasteiger partial charge on any atom is 0.353 e. The van der Waals surface area contributed by atoms with E-state index in [1.165, 1.54) is 11.8 Å². The lowest BCUT2D eigenvalue weighted by atomic mass is 10.2. The van der Waals surface area contributed by atoms with Crippen LogP contribution >= 0.6 is 11.8 Å². The number of nitrogens with zero attached hydrogens (tertiary/aromatic N) is 5. The van der Waals surface area contributed by atoms with Gasteiger partial charge in [0.2, 0.25) is 11.6 Å². The highest BCUT2D eigenvalue weighted by molar-refractivity contribution is 7.98. The number of anilines is 2.